The molecule has 1 aliphatic heterocycles. The lowest BCUT2D eigenvalue weighted by Gasteiger charge is -2.26. The number of amides is 2. The fourth-order valence-corrected chi connectivity index (χ4v) is 1.74. The highest BCUT2D eigenvalue weighted by atomic mass is 16.2. The Morgan fingerprint density at radius 2 is 2.18 bits per heavy atom. The van der Waals surface area contributed by atoms with Crippen LogP contribution in [0.1, 0.15) is 10.4 Å². The summed E-state index contributed by atoms with van der Waals surface area (Å²) in [7, 11) is 1.59. The van der Waals surface area contributed by atoms with E-state index in [0.29, 0.717) is 13.1 Å². The summed E-state index contributed by atoms with van der Waals surface area (Å²) in [6.07, 6.45) is 1.59. The molecule has 2 rings (SSSR count). The minimum atomic E-state index is -0.388. The van der Waals surface area contributed by atoms with Gasteiger partial charge in [-0.25, -0.2) is 0 Å². The van der Waals surface area contributed by atoms with Crippen LogP contribution in [0.25, 0.3) is 0 Å². The molecule has 6 heteroatoms. The van der Waals surface area contributed by atoms with Crippen molar-refractivity contribution >= 4 is 11.8 Å². The Balaban J connectivity index is 2.28. The van der Waals surface area contributed by atoms with Crippen LogP contribution in [0.2, 0.25) is 0 Å². The van der Waals surface area contributed by atoms with E-state index in [1.54, 1.807) is 19.3 Å². The average molecular weight is 235 g/mol. The molecule has 0 aromatic carbocycles. The van der Waals surface area contributed by atoms with Gasteiger partial charge in [0, 0.05) is 26.3 Å². The van der Waals surface area contributed by atoms with Crippen molar-refractivity contribution in [2.75, 3.05) is 19.6 Å². The van der Waals surface area contributed by atoms with E-state index >= 15 is 0 Å². The van der Waals surface area contributed by atoms with Gasteiger partial charge >= 0.3 is 0 Å². The van der Waals surface area contributed by atoms with Crippen molar-refractivity contribution in [2.45, 2.75) is 0 Å². The molecule has 0 atom stereocenters. The monoisotopic (exact) mass is 235 g/mol. The number of piperazine rings is 1. The number of hydrogen-bond donors (Lipinski definition) is 1. The van der Waals surface area contributed by atoms with E-state index in [4.69, 9.17) is 0 Å². The van der Waals surface area contributed by atoms with Crippen LogP contribution in [-0.2, 0) is 11.8 Å². The number of aryl methyl sites for hydroxylation is 1. The molecule has 0 aliphatic carbocycles. The number of aromatic nitrogens is 1. The minimum Gasteiger partial charge on any atom is -0.353 e. The molecule has 0 radical (unpaired) electrons. The maximum absolute atomic E-state index is 12.1. The summed E-state index contributed by atoms with van der Waals surface area (Å²) in [4.78, 5) is 36.4. The summed E-state index contributed by atoms with van der Waals surface area (Å²) in [6.45, 7) is 0.872. The lowest BCUT2D eigenvalue weighted by atomic mass is 10.2. The van der Waals surface area contributed by atoms with Gasteiger partial charge in [0.05, 0.1) is 6.54 Å². The van der Waals surface area contributed by atoms with Crippen LogP contribution in [0, 0.1) is 0 Å². The van der Waals surface area contributed by atoms with Crippen molar-refractivity contribution in [3.05, 3.63) is 34.2 Å². The van der Waals surface area contributed by atoms with Gasteiger partial charge in [-0.1, -0.05) is 0 Å². The molecule has 2 heterocycles. The molecule has 1 saturated heterocycles. The van der Waals surface area contributed by atoms with Crippen LogP contribution < -0.4 is 10.9 Å². The maximum atomic E-state index is 12.1. The van der Waals surface area contributed by atoms with E-state index in [1.807, 2.05) is 0 Å². The van der Waals surface area contributed by atoms with Gasteiger partial charge in [-0.2, -0.15) is 0 Å². The fraction of sp³-hybridized carbons (Fsp3) is 0.364. The standard InChI is InChI=1S/C11H13N3O3/c1-13-5-2-3-8(10(13)16)11(17)14-6-4-12-9(15)7-14/h2-3,5H,4,6-7H2,1H3,(H,12,15). The second-order valence-corrected chi connectivity index (χ2v) is 3.91. The molecule has 6 nitrogen and oxygen atoms in total. The van der Waals surface area contributed by atoms with Crippen molar-refractivity contribution in [3.63, 3.8) is 0 Å². The number of pyridine rings is 1. The molecule has 17 heavy (non-hydrogen) atoms. The molecule has 1 aromatic heterocycles. The first-order valence-corrected chi connectivity index (χ1v) is 5.31. The fourth-order valence-electron chi connectivity index (χ4n) is 1.74. The molecule has 0 bridgehead atoms. The smallest absolute Gasteiger partial charge is 0.263 e. The van der Waals surface area contributed by atoms with E-state index in [9.17, 15) is 14.4 Å². The Morgan fingerprint density at radius 3 is 2.88 bits per heavy atom. The van der Waals surface area contributed by atoms with Gasteiger partial charge in [0.15, 0.2) is 0 Å². The van der Waals surface area contributed by atoms with Gasteiger partial charge in [0.2, 0.25) is 5.91 Å². The third kappa shape index (κ3) is 2.20. The third-order valence-corrected chi connectivity index (χ3v) is 2.68. The Labute approximate surface area is 97.8 Å². The summed E-state index contributed by atoms with van der Waals surface area (Å²) in [5, 5.41) is 2.63. The Hall–Kier alpha value is -2.11. The third-order valence-electron chi connectivity index (χ3n) is 2.68. The summed E-state index contributed by atoms with van der Waals surface area (Å²) < 4.78 is 1.34. The molecule has 2 amide bonds. The summed E-state index contributed by atoms with van der Waals surface area (Å²) in [5.74, 6) is -0.585. The predicted molar refractivity (Wildman–Crippen MR) is 60.6 cm³/mol. The first kappa shape index (κ1) is 11.4. The lowest BCUT2D eigenvalue weighted by Crippen LogP contribution is -2.50. The van der Waals surface area contributed by atoms with Crippen LogP contribution >= 0.6 is 0 Å². The normalized spacial score (nSPS) is 15.6. The first-order chi connectivity index (χ1) is 8.09. The zero-order valence-electron chi connectivity index (χ0n) is 9.47. The second-order valence-electron chi connectivity index (χ2n) is 3.91. The number of nitrogens with one attached hydrogen (secondary N) is 1. The lowest BCUT2D eigenvalue weighted by molar-refractivity contribution is -0.123. The molecule has 1 aromatic rings. The van der Waals surface area contributed by atoms with Crippen LogP contribution in [0.3, 0.4) is 0 Å². The van der Waals surface area contributed by atoms with Gasteiger partial charge in [-0.15, -0.1) is 0 Å². The summed E-state index contributed by atoms with van der Waals surface area (Å²) in [6, 6.07) is 3.12. The Morgan fingerprint density at radius 1 is 1.41 bits per heavy atom. The van der Waals surface area contributed by atoms with E-state index in [1.165, 1.54) is 15.5 Å². The average Bonchev–Trinajstić information content (AvgIpc) is 2.32. The second kappa shape index (κ2) is 4.40. The van der Waals surface area contributed by atoms with E-state index in [2.05, 4.69) is 5.32 Å². The van der Waals surface area contributed by atoms with Crippen LogP contribution in [-0.4, -0.2) is 40.9 Å². The Bertz CT molecular complexity index is 521. The SMILES string of the molecule is Cn1cccc(C(=O)N2CCNC(=O)C2)c1=O. The van der Waals surface area contributed by atoms with E-state index in [-0.39, 0.29) is 29.5 Å². The number of nitrogens with zero attached hydrogens (tertiary/aromatic N) is 2. The van der Waals surface area contributed by atoms with Gasteiger partial charge < -0.3 is 14.8 Å². The molecule has 0 spiro atoms. The molecular weight excluding hydrogens is 222 g/mol. The topological polar surface area (TPSA) is 71.4 Å². The van der Waals surface area contributed by atoms with Crippen molar-refractivity contribution in [3.8, 4) is 0 Å². The van der Waals surface area contributed by atoms with E-state index in [0.717, 1.165) is 0 Å². The molecule has 1 fully saturated rings. The van der Waals surface area contributed by atoms with Gasteiger partial charge in [-0.05, 0) is 12.1 Å². The molecule has 0 saturated carbocycles. The maximum Gasteiger partial charge on any atom is 0.263 e. The number of hydrogen-bond acceptors (Lipinski definition) is 3. The van der Waals surface area contributed by atoms with E-state index < -0.39 is 0 Å². The van der Waals surface area contributed by atoms with Crippen LogP contribution in [0.5, 0.6) is 0 Å². The highest BCUT2D eigenvalue weighted by Crippen LogP contribution is 2.01. The quantitative estimate of drug-likeness (QED) is 0.675. The molecular formula is C11H13N3O3. The van der Waals surface area contributed by atoms with Gasteiger partial charge in [0.25, 0.3) is 11.5 Å². The van der Waals surface area contributed by atoms with Gasteiger partial charge in [0.1, 0.15) is 5.56 Å². The number of rotatable bonds is 1. The molecule has 90 valence electrons. The molecule has 1 N–H and O–H groups in total. The summed E-state index contributed by atoms with van der Waals surface area (Å²) >= 11 is 0. The van der Waals surface area contributed by atoms with Crippen molar-refractivity contribution in [1.29, 1.82) is 0 Å². The molecule has 1 aliphatic rings. The zero-order chi connectivity index (χ0) is 12.4. The zero-order valence-corrected chi connectivity index (χ0v) is 9.47. The largest absolute Gasteiger partial charge is 0.353 e. The highest BCUT2D eigenvalue weighted by molar-refractivity contribution is 5.96. The highest BCUT2D eigenvalue weighted by Gasteiger charge is 2.24. The van der Waals surface area contributed by atoms with Gasteiger partial charge in [-0.3, -0.25) is 14.4 Å². The molecule has 0 unspecified atom stereocenters. The summed E-state index contributed by atoms with van der Waals surface area (Å²) in [5.41, 5.74) is -0.242. The van der Waals surface area contributed by atoms with Crippen molar-refractivity contribution < 1.29 is 9.59 Å². The minimum absolute atomic E-state index is 0.0108. The first-order valence-electron chi connectivity index (χ1n) is 5.31. The number of carbonyl (C=O) groups is 2. The predicted octanol–water partition coefficient (Wildman–Crippen LogP) is -1.04. The van der Waals surface area contributed by atoms with Crippen LogP contribution in [0.15, 0.2) is 23.1 Å². The van der Waals surface area contributed by atoms with Crippen molar-refractivity contribution in [1.82, 2.24) is 14.8 Å². The van der Waals surface area contributed by atoms with Crippen LogP contribution in [0.4, 0.5) is 0 Å². The number of carbonyl (C=O) groups excluding carboxylic acids is 2. The Kier molecular flexibility index (Phi) is 2.95. The van der Waals surface area contributed by atoms with Crippen molar-refractivity contribution in [2.24, 2.45) is 7.05 Å².